The number of aliphatic carboxylic acids is 1. The standard InChI is InChI=1S/C9H21N2O4PS.C2HF3O2/c1-4-14-9(12)8(3)11-16(13,15-5-2)17-7-6-10;3-2(4,5)1(6)7/h8H,4-7,10H2,1-3H3,(H,11,13);(H,6,7)/t8-,16-;/m0./s1. The zero-order valence-electron chi connectivity index (χ0n) is 13.5. The van der Waals surface area contributed by atoms with Gasteiger partial charge >= 0.3 is 24.8 Å². The number of halogens is 3. The topological polar surface area (TPSA) is 128 Å². The van der Waals surface area contributed by atoms with Crippen LogP contribution in [0, 0.1) is 0 Å². The van der Waals surface area contributed by atoms with Crippen LogP contribution in [0.1, 0.15) is 20.8 Å². The van der Waals surface area contributed by atoms with Crippen LogP contribution < -0.4 is 10.8 Å². The van der Waals surface area contributed by atoms with E-state index in [4.69, 9.17) is 24.9 Å². The van der Waals surface area contributed by atoms with Crippen molar-refractivity contribution in [2.75, 3.05) is 25.5 Å². The van der Waals surface area contributed by atoms with Crippen LogP contribution in [-0.4, -0.2) is 54.8 Å². The number of carbonyl (C=O) groups is 2. The van der Waals surface area contributed by atoms with Crippen molar-refractivity contribution in [3.8, 4) is 0 Å². The zero-order valence-corrected chi connectivity index (χ0v) is 15.2. The number of hydrogen-bond donors (Lipinski definition) is 3. The summed E-state index contributed by atoms with van der Waals surface area (Å²) < 4.78 is 54.0. The highest BCUT2D eigenvalue weighted by Gasteiger charge is 2.38. The van der Waals surface area contributed by atoms with E-state index in [2.05, 4.69) is 5.09 Å². The Kier molecular flexibility index (Phi) is 13.3. The summed E-state index contributed by atoms with van der Waals surface area (Å²) in [6.07, 6.45) is -5.08. The van der Waals surface area contributed by atoms with Crippen LogP contribution in [0.4, 0.5) is 13.2 Å². The first-order valence-electron chi connectivity index (χ1n) is 6.77. The Bertz CT molecular complexity index is 438. The van der Waals surface area contributed by atoms with Gasteiger partial charge in [0.1, 0.15) is 6.04 Å². The molecule has 144 valence electrons. The Morgan fingerprint density at radius 1 is 1.33 bits per heavy atom. The summed E-state index contributed by atoms with van der Waals surface area (Å²) in [6, 6.07) is -0.669. The Morgan fingerprint density at radius 3 is 2.17 bits per heavy atom. The average Bonchev–Trinajstić information content (AvgIpc) is 2.45. The Balaban J connectivity index is 0. The molecule has 0 amide bonds. The van der Waals surface area contributed by atoms with Crippen LogP contribution in [0.3, 0.4) is 0 Å². The molecule has 0 fully saturated rings. The van der Waals surface area contributed by atoms with Gasteiger partial charge in [0.2, 0.25) is 0 Å². The number of esters is 1. The molecule has 0 unspecified atom stereocenters. The molecule has 0 aromatic rings. The molecule has 4 N–H and O–H groups in total. The van der Waals surface area contributed by atoms with Gasteiger partial charge < -0.3 is 20.1 Å². The first kappa shape index (κ1) is 25.4. The van der Waals surface area contributed by atoms with Crippen LogP contribution in [0.5, 0.6) is 0 Å². The van der Waals surface area contributed by atoms with Gasteiger partial charge in [0, 0.05) is 12.3 Å². The van der Waals surface area contributed by atoms with Gasteiger partial charge in [0.05, 0.1) is 13.2 Å². The lowest BCUT2D eigenvalue weighted by molar-refractivity contribution is -0.192. The van der Waals surface area contributed by atoms with Crippen molar-refractivity contribution >= 4 is 30.0 Å². The number of hydrogen-bond acceptors (Lipinski definition) is 7. The van der Waals surface area contributed by atoms with E-state index in [0.717, 1.165) is 11.4 Å². The lowest BCUT2D eigenvalue weighted by Gasteiger charge is -2.21. The molecule has 8 nitrogen and oxygen atoms in total. The monoisotopic (exact) mass is 398 g/mol. The second-order valence-electron chi connectivity index (χ2n) is 3.94. The second-order valence-corrected chi connectivity index (χ2v) is 8.34. The predicted octanol–water partition coefficient (Wildman–Crippen LogP) is 2.00. The van der Waals surface area contributed by atoms with Gasteiger partial charge in [-0.05, 0) is 20.8 Å². The van der Waals surface area contributed by atoms with Crippen LogP contribution in [0.2, 0.25) is 0 Å². The second kappa shape index (κ2) is 12.5. The summed E-state index contributed by atoms with van der Waals surface area (Å²) in [4.78, 5) is 20.3. The third-order valence-electron chi connectivity index (χ3n) is 1.91. The Hall–Kier alpha value is -0.810. The summed E-state index contributed by atoms with van der Waals surface area (Å²) in [6.45, 7) is 2.96. The van der Waals surface area contributed by atoms with Crippen LogP contribution >= 0.6 is 18.1 Å². The third-order valence-corrected chi connectivity index (χ3v) is 6.17. The zero-order chi connectivity index (χ0) is 19.4. The van der Waals surface area contributed by atoms with Gasteiger partial charge in [0.25, 0.3) is 0 Å². The summed E-state index contributed by atoms with van der Waals surface area (Å²) in [5.74, 6) is -2.70. The average molecular weight is 398 g/mol. The first-order valence-corrected chi connectivity index (χ1v) is 9.98. The molecule has 2 atom stereocenters. The van der Waals surface area contributed by atoms with Gasteiger partial charge in [-0.25, -0.2) is 9.88 Å². The van der Waals surface area contributed by atoms with Crippen molar-refractivity contribution in [3.05, 3.63) is 0 Å². The minimum absolute atomic E-state index is 0.291. The molecule has 0 bridgehead atoms. The maximum Gasteiger partial charge on any atom is 0.490 e. The smallest absolute Gasteiger partial charge is 0.475 e. The van der Waals surface area contributed by atoms with E-state index >= 15 is 0 Å². The fraction of sp³-hybridized carbons (Fsp3) is 0.818. The minimum atomic E-state index is -5.08. The maximum atomic E-state index is 12.3. The summed E-state index contributed by atoms with van der Waals surface area (Å²) in [5, 5.41) is 9.80. The van der Waals surface area contributed by atoms with Crippen LogP contribution in [0.15, 0.2) is 0 Å². The van der Waals surface area contributed by atoms with E-state index in [-0.39, 0.29) is 0 Å². The third kappa shape index (κ3) is 12.6. The number of carboxylic acids is 1. The van der Waals surface area contributed by atoms with E-state index in [1.165, 1.54) is 0 Å². The Morgan fingerprint density at radius 2 is 1.83 bits per heavy atom. The normalized spacial score (nSPS) is 14.8. The fourth-order valence-electron chi connectivity index (χ4n) is 1.01. The molecular formula is C11H22F3N2O6PS. The van der Waals surface area contributed by atoms with E-state index < -0.39 is 30.9 Å². The van der Waals surface area contributed by atoms with E-state index in [1.54, 1.807) is 20.8 Å². The lowest BCUT2D eigenvalue weighted by atomic mass is 10.4. The molecular weight excluding hydrogens is 376 g/mol. The van der Waals surface area contributed by atoms with E-state index in [1.807, 2.05) is 0 Å². The van der Waals surface area contributed by atoms with Crippen molar-refractivity contribution in [2.45, 2.75) is 33.0 Å². The van der Waals surface area contributed by atoms with Crippen LogP contribution in [-0.2, 0) is 23.4 Å². The number of ether oxygens (including phenoxy) is 1. The van der Waals surface area contributed by atoms with Gasteiger partial charge in [-0.3, -0.25) is 9.36 Å². The lowest BCUT2D eigenvalue weighted by Crippen LogP contribution is -2.33. The van der Waals surface area contributed by atoms with Crippen molar-refractivity contribution in [1.82, 2.24) is 5.09 Å². The molecule has 0 aromatic heterocycles. The highest BCUT2D eigenvalue weighted by atomic mass is 32.7. The largest absolute Gasteiger partial charge is 0.490 e. The van der Waals surface area contributed by atoms with E-state index in [0.29, 0.717) is 25.5 Å². The number of alkyl halides is 3. The minimum Gasteiger partial charge on any atom is -0.475 e. The van der Waals surface area contributed by atoms with Crippen molar-refractivity contribution in [3.63, 3.8) is 0 Å². The highest BCUT2D eigenvalue weighted by molar-refractivity contribution is 8.56. The first-order chi connectivity index (χ1) is 10.9. The molecule has 0 spiro atoms. The van der Waals surface area contributed by atoms with Gasteiger partial charge in [-0.1, -0.05) is 11.4 Å². The summed E-state index contributed by atoms with van der Waals surface area (Å²) in [5.41, 5.74) is 5.35. The number of nitrogens with two attached hydrogens (primary N) is 1. The van der Waals surface area contributed by atoms with Crippen molar-refractivity contribution in [2.24, 2.45) is 5.73 Å². The summed E-state index contributed by atoms with van der Waals surface area (Å²) in [7, 11) is 0. The van der Waals surface area contributed by atoms with E-state index in [9.17, 15) is 22.5 Å². The van der Waals surface area contributed by atoms with Gasteiger partial charge in [-0.15, -0.1) is 0 Å². The molecule has 0 rings (SSSR count). The SMILES string of the molecule is CCOC(=O)[C@H](C)N[P@](=O)(OCC)SCCN.O=C(O)C(F)(F)F. The molecule has 24 heavy (non-hydrogen) atoms. The predicted molar refractivity (Wildman–Crippen MR) is 83.7 cm³/mol. The number of nitrogens with one attached hydrogen (secondary N) is 1. The molecule has 0 heterocycles. The number of rotatable bonds is 9. The van der Waals surface area contributed by atoms with Gasteiger partial charge in [0.15, 0.2) is 0 Å². The maximum absolute atomic E-state index is 12.3. The molecule has 0 saturated carbocycles. The van der Waals surface area contributed by atoms with Crippen molar-refractivity contribution < 1.29 is 41.7 Å². The summed E-state index contributed by atoms with van der Waals surface area (Å²) >= 11 is 1.10. The molecule has 13 heteroatoms. The molecule has 0 saturated heterocycles. The number of carboxylic acid groups (broad SMARTS) is 1. The molecule has 0 aromatic carbocycles. The fourth-order valence-corrected chi connectivity index (χ4v) is 4.78. The molecule has 0 aliphatic heterocycles. The molecule has 0 aliphatic rings. The number of carbonyl (C=O) groups excluding carboxylic acids is 1. The van der Waals surface area contributed by atoms with Crippen molar-refractivity contribution in [1.29, 1.82) is 0 Å². The van der Waals surface area contributed by atoms with Gasteiger partial charge in [-0.2, -0.15) is 13.2 Å². The molecule has 0 aliphatic carbocycles. The van der Waals surface area contributed by atoms with Crippen LogP contribution in [0.25, 0.3) is 0 Å². The quantitative estimate of drug-likeness (QED) is 0.394. The highest BCUT2D eigenvalue weighted by Crippen LogP contribution is 2.55. The Labute approximate surface area is 141 Å². The molecule has 0 radical (unpaired) electrons.